The molecular weight excluding hydrogens is 569 g/mol. The number of anilines is 1. The fourth-order valence-electron chi connectivity index (χ4n) is 6.07. The fourth-order valence-corrected chi connectivity index (χ4v) is 6.07. The number of phenols is 1. The quantitative estimate of drug-likeness (QED) is 0.195. The second-order valence-corrected chi connectivity index (χ2v) is 10.9. The van der Waals surface area contributed by atoms with Gasteiger partial charge in [-0.1, -0.05) is 0 Å². The molecule has 0 heterocycles. The van der Waals surface area contributed by atoms with Crippen LogP contribution in [0, 0.1) is 11.8 Å². The van der Waals surface area contributed by atoms with E-state index in [1.807, 2.05) is 0 Å². The van der Waals surface area contributed by atoms with Gasteiger partial charge < -0.3 is 41.1 Å². The third-order valence-electron chi connectivity index (χ3n) is 7.64. The van der Waals surface area contributed by atoms with Crippen molar-refractivity contribution in [1.29, 1.82) is 0 Å². The minimum absolute atomic E-state index is 0.229. The van der Waals surface area contributed by atoms with Crippen LogP contribution in [0.3, 0.4) is 0 Å². The van der Waals surface area contributed by atoms with E-state index in [9.17, 15) is 52.8 Å². The van der Waals surface area contributed by atoms with Gasteiger partial charge in [-0.2, -0.15) is 0 Å². The van der Waals surface area contributed by atoms with Crippen LogP contribution in [-0.4, -0.2) is 106 Å². The number of nitrogens with one attached hydrogen (secondary N) is 1. The highest BCUT2D eigenvalue weighted by Crippen LogP contribution is 2.55. The summed E-state index contributed by atoms with van der Waals surface area (Å²) in [6.45, 7) is -0.229. The van der Waals surface area contributed by atoms with Crippen molar-refractivity contribution in [3.63, 3.8) is 0 Å². The van der Waals surface area contributed by atoms with Gasteiger partial charge in [0.25, 0.3) is 5.91 Å². The number of hydrogen-bond acceptors (Lipinski definition) is 11. The summed E-state index contributed by atoms with van der Waals surface area (Å²) in [6.07, 6.45) is -6.01. The monoisotopic (exact) mass is 598 g/mol. The Labute approximate surface area is 236 Å². The van der Waals surface area contributed by atoms with Gasteiger partial charge in [0.1, 0.15) is 22.8 Å². The molecule has 1 aromatic carbocycles. The van der Waals surface area contributed by atoms with E-state index in [1.165, 1.54) is 23.9 Å². The zero-order valence-electron chi connectivity index (χ0n) is 22.9. The molecule has 1 aromatic rings. The van der Waals surface area contributed by atoms with Gasteiger partial charge in [-0.05, 0) is 47.0 Å². The van der Waals surface area contributed by atoms with Crippen LogP contribution < -0.4 is 15.8 Å². The van der Waals surface area contributed by atoms with E-state index in [1.54, 1.807) is 14.1 Å². The standard InChI is InChI=1S/C26H29F3N4O9/c1-32(2)8-14(34)31-12-7-13(42-26(27,28)29)10-5-9-6-11-18(33(3)4)21(37)17(24(30)40)23(39)25(11,41)22(38)15(9)20(36)16(10)19(12)35/h7,9,11,18,35-36,39,41H,5-6,8H2,1-4H3,(H2,30,40)(H,31,34)/t9-,11-,18-,25-/m0/s1. The highest BCUT2D eigenvalue weighted by atomic mass is 19.4. The summed E-state index contributed by atoms with van der Waals surface area (Å²) in [6, 6.07) is -0.634. The predicted octanol–water partition coefficient (Wildman–Crippen LogP) is 0.363. The molecule has 4 atom stereocenters. The first-order chi connectivity index (χ1) is 19.3. The van der Waals surface area contributed by atoms with Gasteiger partial charge in [0.2, 0.25) is 11.7 Å². The molecule has 0 aromatic heterocycles. The lowest BCUT2D eigenvalue weighted by Crippen LogP contribution is -2.65. The van der Waals surface area contributed by atoms with Crippen LogP contribution in [0.5, 0.6) is 11.5 Å². The number of carbonyl (C=O) groups excluding carboxylic acids is 4. The number of nitrogens with zero attached hydrogens (tertiary/aromatic N) is 2. The van der Waals surface area contributed by atoms with Gasteiger partial charge in [0.15, 0.2) is 17.1 Å². The van der Waals surface area contributed by atoms with Crippen LogP contribution in [0.15, 0.2) is 23.0 Å². The molecule has 1 fully saturated rings. The number of benzene rings is 1. The molecule has 13 nitrogen and oxygen atoms in total. The van der Waals surface area contributed by atoms with Gasteiger partial charge in [0, 0.05) is 23.1 Å². The Balaban J connectivity index is 1.96. The number of amides is 2. The zero-order chi connectivity index (χ0) is 31.6. The lowest BCUT2D eigenvalue weighted by molar-refractivity contribution is -0.275. The first kappa shape index (κ1) is 30.8. The molecule has 16 heteroatoms. The maximum atomic E-state index is 13.9. The van der Waals surface area contributed by atoms with E-state index in [0.717, 1.165) is 6.07 Å². The normalized spacial score (nSPS) is 25.8. The smallest absolute Gasteiger partial charge is 0.508 e. The second-order valence-electron chi connectivity index (χ2n) is 10.9. The summed E-state index contributed by atoms with van der Waals surface area (Å²) in [5.74, 6) is -11.1. The van der Waals surface area contributed by atoms with Crippen LogP contribution in [0.4, 0.5) is 18.9 Å². The minimum Gasteiger partial charge on any atom is -0.508 e. The van der Waals surface area contributed by atoms with Gasteiger partial charge >= 0.3 is 6.36 Å². The average molecular weight is 599 g/mol. The highest BCUT2D eigenvalue weighted by molar-refractivity contribution is 6.24. The number of halogens is 3. The van der Waals surface area contributed by atoms with Crippen molar-refractivity contribution >= 4 is 34.8 Å². The third kappa shape index (κ3) is 4.84. The first-order valence-corrected chi connectivity index (χ1v) is 12.5. The Kier molecular flexibility index (Phi) is 7.54. The van der Waals surface area contributed by atoms with Crippen molar-refractivity contribution in [3.8, 4) is 11.5 Å². The highest BCUT2D eigenvalue weighted by Gasteiger charge is 2.64. The van der Waals surface area contributed by atoms with Crippen LogP contribution in [-0.2, 0) is 25.6 Å². The summed E-state index contributed by atoms with van der Waals surface area (Å²) < 4.78 is 44.4. The number of ketones is 2. The van der Waals surface area contributed by atoms with E-state index in [0.29, 0.717) is 0 Å². The Morgan fingerprint density at radius 3 is 2.31 bits per heavy atom. The van der Waals surface area contributed by atoms with E-state index in [2.05, 4.69) is 10.1 Å². The van der Waals surface area contributed by atoms with Crippen LogP contribution in [0.2, 0.25) is 0 Å². The topological polar surface area (TPSA) is 203 Å². The molecule has 3 aliphatic carbocycles. The molecule has 0 radical (unpaired) electrons. The number of carbonyl (C=O) groups is 4. The summed E-state index contributed by atoms with van der Waals surface area (Å²) in [5, 5.41) is 47.0. The second kappa shape index (κ2) is 10.3. The number of Topliss-reactive ketones (excluding diaryl/α,β-unsaturated/α-hetero) is 2. The summed E-state index contributed by atoms with van der Waals surface area (Å²) >= 11 is 0. The van der Waals surface area contributed by atoms with Crippen LogP contribution in [0.1, 0.15) is 17.5 Å². The summed E-state index contributed by atoms with van der Waals surface area (Å²) in [5.41, 5.74) is -0.839. The molecule has 1 saturated carbocycles. The number of hydrogen-bond donors (Lipinski definition) is 6. The number of likely N-dealkylation sites (N-methyl/N-ethyl adjacent to an activating group) is 2. The Morgan fingerprint density at radius 2 is 1.79 bits per heavy atom. The molecule has 42 heavy (non-hydrogen) atoms. The molecule has 228 valence electrons. The number of nitrogens with two attached hydrogens (primary N) is 1. The first-order valence-electron chi connectivity index (χ1n) is 12.5. The third-order valence-corrected chi connectivity index (χ3v) is 7.64. The molecule has 3 aliphatic rings. The maximum Gasteiger partial charge on any atom is 0.573 e. The van der Waals surface area contributed by atoms with Crippen molar-refractivity contribution in [1.82, 2.24) is 9.80 Å². The van der Waals surface area contributed by atoms with E-state index in [4.69, 9.17) is 5.73 Å². The molecule has 0 bridgehead atoms. The molecular formula is C26H29F3N4O9. The minimum atomic E-state index is -5.23. The number of ether oxygens (including phenoxy) is 1. The van der Waals surface area contributed by atoms with E-state index in [-0.39, 0.29) is 18.5 Å². The number of alkyl halides is 3. The number of aliphatic hydroxyl groups excluding tert-OH is 2. The molecule has 2 amide bonds. The van der Waals surface area contributed by atoms with Crippen molar-refractivity contribution in [3.05, 3.63) is 34.1 Å². The Bertz CT molecular complexity index is 1470. The van der Waals surface area contributed by atoms with Crippen LogP contribution in [0.25, 0.3) is 5.76 Å². The maximum absolute atomic E-state index is 13.9. The SMILES string of the molecule is CN(C)CC(=O)Nc1cc(OC(F)(F)F)c2c(c1O)C(O)=C1C(=O)[C@]3(O)C(O)=C(C(N)=O)C(=O)[C@@H](N(C)C)[C@@H]3C[C@@H]1C2. The lowest BCUT2D eigenvalue weighted by atomic mass is 9.57. The number of phenolic OH excluding ortho intramolecular Hbond substituents is 1. The summed E-state index contributed by atoms with van der Waals surface area (Å²) in [4.78, 5) is 54.2. The van der Waals surface area contributed by atoms with Gasteiger partial charge in [0.05, 0.1) is 23.8 Å². The van der Waals surface area contributed by atoms with Gasteiger partial charge in [-0.25, -0.2) is 0 Å². The van der Waals surface area contributed by atoms with Crippen molar-refractivity contribution < 1.29 is 57.5 Å². The van der Waals surface area contributed by atoms with Crippen molar-refractivity contribution in [2.75, 3.05) is 40.1 Å². The number of primary amides is 1. The summed E-state index contributed by atoms with van der Waals surface area (Å²) in [7, 11) is 5.90. The fraction of sp³-hybridized carbons (Fsp3) is 0.462. The van der Waals surface area contributed by atoms with Crippen molar-refractivity contribution in [2.24, 2.45) is 17.6 Å². The van der Waals surface area contributed by atoms with E-state index >= 15 is 0 Å². The average Bonchev–Trinajstić information content (AvgIpc) is 2.82. The van der Waals surface area contributed by atoms with Crippen molar-refractivity contribution in [2.45, 2.75) is 30.8 Å². The Hall–Kier alpha value is -4.15. The van der Waals surface area contributed by atoms with Crippen LogP contribution >= 0.6 is 0 Å². The Morgan fingerprint density at radius 1 is 1.17 bits per heavy atom. The molecule has 0 spiro atoms. The lowest BCUT2D eigenvalue weighted by Gasteiger charge is -2.50. The molecule has 7 N–H and O–H groups in total. The molecule has 0 aliphatic heterocycles. The zero-order valence-corrected chi connectivity index (χ0v) is 22.9. The van der Waals surface area contributed by atoms with E-state index < -0.39 is 105 Å². The molecule has 4 rings (SSSR count). The largest absolute Gasteiger partial charge is 0.573 e. The number of fused-ring (bicyclic) bond motifs is 3. The van der Waals surface area contributed by atoms with Gasteiger partial charge in [-0.3, -0.25) is 24.1 Å². The number of rotatable bonds is 6. The van der Waals surface area contributed by atoms with Gasteiger partial charge in [-0.15, -0.1) is 13.2 Å². The predicted molar refractivity (Wildman–Crippen MR) is 138 cm³/mol. The number of aromatic hydroxyl groups is 1. The molecule has 0 saturated heterocycles. The number of aliphatic hydroxyl groups is 3. The molecule has 0 unspecified atom stereocenters.